The molecule has 1 aromatic rings. The van der Waals surface area contributed by atoms with E-state index in [4.69, 9.17) is 0 Å². The van der Waals surface area contributed by atoms with E-state index in [0.29, 0.717) is 5.75 Å². The van der Waals surface area contributed by atoms with Gasteiger partial charge in [-0.1, -0.05) is 6.07 Å². The van der Waals surface area contributed by atoms with E-state index in [1.54, 1.807) is 0 Å². The second-order valence-electron chi connectivity index (χ2n) is 7.36. The number of hydrogen-bond donors (Lipinski definition) is 1. The average molecular weight is 350 g/mol. The number of benzene rings is 1. The molecule has 2 fully saturated rings. The zero-order valence-corrected chi connectivity index (χ0v) is 15.9. The highest BCUT2D eigenvalue weighted by molar-refractivity contribution is 7.99. The van der Waals surface area contributed by atoms with Gasteiger partial charge in [0, 0.05) is 49.3 Å². The molecular formula is C19H31N3OS. The van der Waals surface area contributed by atoms with Gasteiger partial charge in [-0.2, -0.15) is 11.8 Å². The van der Waals surface area contributed by atoms with Gasteiger partial charge in [0.1, 0.15) is 5.75 Å². The predicted octanol–water partition coefficient (Wildman–Crippen LogP) is 2.47. The summed E-state index contributed by atoms with van der Waals surface area (Å²) >= 11 is 2.10. The number of phenols is 1. The van der Waals surface area contributed by atoms with Gasteiger partial charge in [0.25, 0.3) is 0 Å². The smallest absolute Gasteiger partial charge is 0.120 e. The highest BCUT2D eigenvalue weighted by Crippen LogP contribution is 2.24. The summed E-state index contributed by atoms with van der Waals surface area (Å²) in [4.78, 5) is 7.38. The molecule has 0 spiro atoms. The molecule has 0 aliphatic carbocycles. The van der Waals surface area contributed by atoms with Crippen molar-refractivity contribution < 1.29 is 5.11 Å². The van der Waals surface area contributed by atoms with E-state index in [1.807, 2.05) is 20.2 Å². The van der Waals surface area contributed by atoms with Gasteiger partial charge in [-0.15, -0.1) is 0 Å². The minimum absolute atomic E-state index is 0.411. The minimum atomic E-state index is 0.411. The molecule has 3 rings (SSSR count). The molecule has 2 aliphatic heterocycles. The molecule has 0 amide bonds. The van der Waals surface area contributed by atoms with Crippen LogP contribution in [0.2, 0.25) is 0 Å². The van der Waals surface area contributed by atoms with E-state index in [9.17, 15) is 5.11 Å². The van der Waals surface area contributed by atoms with Crippen LogP contribution in [0, 0.1) is 0 Å². The molecule has 134 valence electrons. The molecule has 0 unspecified atom stereocenters. The lowest BCUT2D eigenvalue weighted by molar-refractivity contribution is 0.112. The van der Waals surface area contributed by atoms with Crippen LogP contribution in [0.3, 0.4) is 0 Å². The van der Waals surface area contributed by atoms with Crippen LogP contribution >= 0.6 is 11.8 Å². The number of thioether (sulfide) groups is 1. The first-order chi connectivity index (χ1) is 11.6. The Balaban J connectivity index is 1.52. The normalized spacial score (nSPS) is 21.5. The zero-order valence-electron chi connectivity index (χ0n) is 15.1. The first-order valence-electron chi connectivity index (χ1n) is 9.11. The average Bonchev–Trinajstić information content (AvgIpc) is 2.59. The van der Waals surface area contributed by atoms with E-state index < -0.39 is 0 Å². The largest absolute Gasteiger partial charge is 0.508 e. The van der Waals surface area contributed by atoms with Crippen molar-refractivity contribution >= 4 is 11.8 Å². The number of nitrogens with zero attached hydrogens (tertiary/aromatic N) is 3. The van der Waals surface area contributed by atoms with Crippen molar-refractivity contribution in [3.05, 3.63) is 29.3 Å². The van der Waals surface area contributed by atoms with Crippen LogP contribution in [0.4, 0.5) is 0 Å². The second-order valence-corrected chi connectivity index (χ2v) is 8.58. The van der Waals surface area contributed by atoms with Crippen LogP contribution in [0.5, 0.6) is 5.75 Å². The zero-order chi connectivity index (χ0) is 16.9. The lowest BCUT2D eigenvalue weighted by atomic mass is 10.0. The maximum absolute atomic E-state index is 10.0. The summed E-state index contributed by atoms with van der Waals surface area (Å²) in [5.41, 5.74) is 2.34. The molecule has 1 N–H and O–H groups in total. The fourth-order valence-corrected chi connectivity index (χ4v) is 4.78. The molecule has 0 radical (unpaired) electrons. The van der Waals surface area contributed by atoms with E-state index in [0.717, 1.165) is 24.7 Å². The Kier molecular flexibility index (Phi) is 6.44. The van der Waals surface area contributed by atoms with E-state index in [1.165, 1.54) is 56.1 Å². The highest BCUT2D eigenvalue weighted by Gasteiger charge is 2.25. The van der Waals surface area contributed by atoms with Crippen LogP contribution in [-0.4, -0.2) is 77.6 Å². The summed E-state index contributed by atoms with van der Waals surface area (Å²) in [7, 11) is 4.08. The molecule has 0 atom stereocenters. The Bertz CT molecular complexity index is 523. The lowest BCUT2D eigenvalue weighted by Crippen LogP contribution is -2.47. The molecule has 0 aromatic heterocycles. The molecule has 4 nitrogen and oxygen atoms in total. The van der Waals surface area contributed by atoms with Gasteiger partial charge in [-0.3, -0.25) is 9.80 Å². The number of hydrogen-bond acceptors (Lipinski definition) is 5. The summed E-state index contributed by atoms with van der Waals surface area (Å²) in [5.74, 6) is 3.03. The van der Waals surface area contributed by atoms with E-state index in [2.05, 4.69) is 38.6 Å². The van der Waals surface area contributed by atoms with Gasteiger partial charge in [0.05, 0.1) is 0 Å². The van der Waals surface area contributed by atoms with Crippen molar-refractivity contribution in [1.29, 1.82) is 0 Å². The maximum atomic E-state index is 10.0. The first kappa shape index (κ1) is 18.1. The topological polar surface area (TPSA) is 30.0 Å². The van der Waals surface area contributed by atoms with Gasteiger partial charge < -0.3 is 10.0 Å². The number of likely N-dealkylation sites (tertiary alicyclic amines) is 1. The van der Waals surface area contributed by atoms with E-state index in [-0.39, 0.29) is 0 Å². The van der Waals surface area contributed by atoms with Crippen molar-refractivity contribution in [3.63, 3.8) is 0 Å². The van der Waals surface area contributed by atoms with Gasteiger partial charge in [-0.25, -0.2) is 0 Å². The molecular weight excluding hydrogens is 318 g/mol. The Morgan fingerprint density at radius 2 is 1.83 bits per heavy atom. The molecule has 24 heavy (non-hydrogen) atoms. The number of aromatic hydroxyl groups is 1. The Morgan fingerprint density at radius 3 is 2.50 bits per heavy atom. The lowest BCUT2D eigenvalue weighted by Gasteiger charge is -2.40. The summed E-state index contributed by atoms with van der Waals surface area (Å²) in [6, 6.07) is 6.89. The Morgan fingerprint density at radius 1 is 1.12 bits per heavy atom. The fourth-order valence-electron chi connectivity index (χ4n) is 3.85. The first-order valence-corrected chi connectivity index (χ1v) is 10.3. The standard InChI is InChI=1S/C19H31N3OS/c1-20(2)15-17-13-16(3-4-19(17)23)14-21-7-5-18(6-8-21)22-9-11-24-12-10-22/h3-4,13,18,23H,5-12,14-15H2,1-2H3. The molecule has 1 aromatic carbocycles. The van der Waals surface area contributed by atoms with Crippen LogP contribution in [0.15, 0.2) is 18.2 Å². The molecule has 0 bridgehead atoms. The maximum Gasteiger partial charge on any atom is 0.120 e. The van der Waals surface area contributed by atoms with Gasteiger partial charge in [0.15, 0.2) is 0 Å². The summed E-state index contributed by atoms with van der Waals surface area (Å²) in [5, 5.41) is 10.0. The molecule has 5 heteroatoms. The Labute approximate surface area is 150 Å². The van der Waals surface area contributed by atoms with Gasteiger partial charge in [0.2, 0.25) is 0 Å². The third kappa shape index (κ3) is 4.88. The minimum Gasteiger partial charge on any atom is -0.508 e. The summed E-state index contributed by atoms with van der Waals surface area (Å²) < 4.78 is 0. The van der Waals surface area contributed by atoms with E-state index >= 15 is 0 Å². The van der Waals surface area contributed by atoms with Crippen molar-refractivity contribution in [1.82, 2.24) is 14.7 Å². The molecule has 2 aliphatic rings. The number of rotatable bonds is 5. The van der Waals surface area contributed by atoms with Crippen molar-refractivity contribution in [2.45, 2.75) is 32.0 Å². The van der Waals surface area contributed by atoms with Crippen LogP contribution in [0.25, 0.3) is 0 Å². The van der Waals surface area contributed by atoms with Crippen molar-refractivity contribution in [2.24, 2.45) is 0 Å². The predicted molar refractivity (Wildman–Crippen MR) is 103 cm³/mol. The SMILES string of the molecule is CN(C)Cc1cc(CN2CCC(N3CCSCC3)CC2)ccc1O. The van der Waals surface area contributed by atoms with Gasteiger partial charge in [-0.05, 0) is 57.7 Å². The molecule has 2 heterocycles. The van der Waals surface area contributed by atoms with Gasteiger partial charge >= 0.3 is 0 Å². The van der Waals surface area contributed by atoms with Crippen molar-refractivity contribution in [3.8, 4) is 5.75 Å². The van der Waals surface area contributed by atoms with Crippen LogP contribution < -0.4 is 0 Å². The summed E-state index contributed by atoms with van der Waals surface area (Å²) in [6.07, 6.45) is 2.60. The fraction of sp³-hybridized carbons (Fsp3) is 0.684. The summed E-state index contributed by atoms with van der Waals surface area (Å²) in [6.45, 7) is 6.73. The molecule has 0 saturated carbocycles. The van der Waals surface area contributed by atoms with Crippen molar-refractivity contribution in [2.75, 3.05) is 51.8 Å². The number of phenolic OH excluding ortho intramolecular Hbond substituents is 1. The van der Waals surface area contributed by atoms with Crippen LogP contribution in [0.1, 0.15) is 24.0 Å². The molecule has 2 saturated heterocycles. The third-order valence-electron chi connectivity index (χ3n) is 5.16. The monoisotopic (exact) mass is 349 g/mol. The quantitative estimate of drug-likeness (QED) is 0.882. The Hall–Kier alpha value is -0.750. The van der Waals surface area contributed by atoms with Crippen LogP contribution in [-0.2, 0) is 13.1 Å². The highest BCUT2D eigenvalue weighted by atomic mass is 32.2. The second kappa shape index (κ2) is 8.56. The number of piperidine rings is 1. The third-order valence-corrected chi connectivity index (χ3v) is 6.10.